The highest BCUT2D eigenvalue weighted by atomic mass is 16.7. The van der Waals surface area contributed by atoms with Gasteiger partial charge in [-0.2, -0.15) is 0 Å². The van der Waals surface area contributed by atoms with Crippen LogP contribution in [0.4, 0.5) is 0 Å². The molecule has 1 N–H and O–H groups in total. The number of rotatable bonds is 7. The molecule has 0 aliphatic carbocycles. The smallest absolute Gasteiger partial charge is 0.231 e. The number of nitrogens with zero attached hydrogens (tertiary/aromatic N) is 2. The SMILES string of the molecule is CCOc1cc2c(cc1CN1CCC(C(NC(C)=O)c3ccccn3)CC1)OCO2. The second-order valence-electron chi connectivity index (χ2n) is 7.79. The van der Waals surface area contributed by atoms with Crippen LogP contribution in [0.25, 0.3) is 0 Å². The molecule has 160 valence electrons. The van der Waals surface area contributed by atoms with Crippen molar-refractivity contribution in [1.82, 2.24) is 15.2 Å². The van der Waals surface area contributed by atoms with E-state index >= 15 is 0 Å². The highest BCUT2D eigenvalue weighted by Gasteiger charge is 2.30. The molecule has 0 saturated carbocycles. The summed E-state index contributed by atoms with van der Waals surface area (Å²) in [7, 11) is 0. The van der Waals surface area contributed by atoms with Gasteiger partial charge in [0.1, 0.15) is 5.75 Å². The number of carbonyl (C=O) groups excluding carboxylic acids is 1. The molecule has 2 aliphatic rings. The van der Waals surface area contributed by atoms with Gasteiger partial charge in [0.15, 0.2) is 11.5 Å². The number of pyridine rings is 1. The maximum absolute atomic E-state index is 11.8. The van der Waals surface area contributed by atoms with Gasteiger partial charge in [-0.25, -0.2) is 0 Å². The van der Waals surface area contributed by atoms with Crippen LogP contribution >= 0.6 is 0 Å². The number of nitrogens with one attached hydrogen (secondary N) is 1. The lowest BCUT2D eigenvalue weighted by Gasteiger charge is -2.36. The zero-order valence-electron chi connectivity index (χ0n) is 17.6. The number of amides is 1. The van der Waals surface area contributed by atoms with E-state index in [1.54, 1.807) is 13.1 Å². The minimum Gasteiger partial charge on any atom is -0.493 e. The van der Waals surface area contributed by atoms with E-state index in [0.717, 1.165) is 61.0 Å². The van der Waals surface area contributed by atoms with E-state index in [1.807, 2.05) is 37.3 Å². The summed E-state index contributed by atoms with van der Waals surface area (Å²) in [5, 5.41) is 3.11. The first-order chi connectivity index (χ1) is 14.6. The van der Waals surface area contributed by atoms with E-state index in [4.69, 9.17) is 14.2 Å². The summed E-state index contributed by atoms with van der Waals surface area (Å²) in [6.45, 7) is 7.12. The Morgan fingerprint density at radius 1 is 1.27 bits per heavy atom. The molecule has 1 amide bonds. The quantitative estimate of drug-likeness (QED) is 0.754. The van der Waals surface area contributed by atoms with Crippen molar-refractivity contribution in [2.45, 2.75) is 39.3 Å². The third-order valence-electron chi connectivity index (χ3n) is 5.72. The summed E-state index contributed by atoms with van der Waals surface area (Å²) in [6.07, 6.45) is 3.78. The Morgan fingerprint density at radius 2 is 2.03 bits per heavy atom. The Hall–Kier alpha value is -2.80. The molecule has 2 aliphatic heterocycles. The van der Waals surface area contributed by atoms with Gasteiger partial charge in [-0.1, -0.05) is 6.07 Å². The molecule has 1 saturated heterocycles. The number of hydrogen-bond donors (Lipinski definition) is 1. The molecule has 2 aromatic rings. The maximum atomic E-state index is 11.8. The fourth-order valence-corrected chi connectivity index (χ4v) is 4.28. The average Bonchev–Trinajstić information content (AvgIpc) is 3.21. The lowest BCUT2D eigenvalue weighted by Crippen LogP contribution is -2.40. The Balaban J connectivity index is 1.42. The standard InChI is InChI=1S/C23H29N3O4/c1-3-28-20-13-22-21(29-15-30-22)12-18(20)14-26-10-7-17(8-11-26)23(25-16(2)27)19-6-4-5-9-24-19/h4-6,9,12-13,17,23H,3,7-8,10-11,14-15H2,1-2H3,(H,25,27). The zero-order chi connectivity index (χ0) is 20.9. The predicted octanol–water partition coefficient (Wildman–Crippen LogP) is 3.30. The van der Waals surface area contributed by atoms with Crippen LogP contribution in [0.5, 0.6) is 17.2 Å². The third-order valence-corrected chi connectivity index (χ3v) is 5.72. The molecule has 0 spiro atoms. The van der Waals surface area contributed by atoms with Gasteiger partial charge in [0.2, 0.25) is 12.7 Å². The Morgan fingerprint density at radius 3 is 2.70 bits per heavy atom. The molecule has 7 nitrogen and oxygen atoms in total. The second-order valence-corrected chi connectivity index (χ2v) is 7.79. The van der Waals surface area contributed by atoms with E-state index in [9.17, 15) is 4.79 Å². The van der Waals surface area contributed by atoms with Crippen molar-refractivity contribution in [3.8, 4) is 17.2 Å². The number of fused-ring (bicyclic) bond motifs is 1. The Bertz CT molecular complexity index is 866. The van der Waals surface area contributed by atoms with Gasteiger partial charge >= 0.3 is 0 Å². The highest BCUT2D eigenvalue weighted by molar-refractivity contribution is 5.73. The van der Waals surface area contributed by atoms with Crippen LogP contribution in [-0.2, 0) is 11.3 Å². The summed E-state index contributed by atoms with van der Waals surface area (Å²) in [5.41, 5.74) is 2.04. The highest BCUT2D eigenvalue weighted by Crippen LogP contribution is 2.39. The number of benzene rings is 1. The first kappa shape index (κ1) is 20.5. The molecule has 1 fully saturated rings. The van der Waals surface area contributed by atoms with Gasteiger partial charge in [-0.15, -0.1) is 0 Å². The molecule has 1 aromatic carbocycles. The van der Waals surface area contributed by atoms with Crippen molar-refractivity contribution < 1.29 is 19.0 Å². The van der Waals surface area contributed by atoms with Crippen molar-refractivity contribution >= 4 is 5.91 Å². The van der Waals surface area contributed by atoms with E-state index in [0.29, 0.717) is 12.5 Å². The fraction of sp³-hybridized carbons (Fsp3) is 0.478. The molecule has 30 heavy (non-hydrogen) atoms. The Kier molecular flexibility index (Phi) is 6.38. The maximum Gasteiger partial charge on any atom is 0.231 e. The average molecular weight is 412 g/mol. The molecule has 7 heteroatoms. The Labute approximate surface area is 177 Å². The molecule has 3 heterocycles. The van der Waals surface area contributed by atoms with Crippen LogP contribution in [0.15, 0.2) is 36.5 Å². The molecule has 1 aromatic heterocycles. The van der Waals surface area contributed by atoms with Crippen LogP contribution in [0, 0.1) is 5.92 Å². The number of piperidine rings is 1. The van der Waals surface area contributed by atoms with E-state index < -0.39 is 0 Å². The fourth-order valence-electron chi connectivity index (χ4n) is 4.28. The zero-order valence-corrected chi connectivity index (χ0v) is 17.6. The van der Waals surface area contributed by atoms with Crippen molar-refractivity contribution in [2.24, 2.45) is 5.92 Å². The summed E-state index contributed by atoms with van der Waals surface area (Å²) in [5.74, 6) is 2.73. The topological polar surface area (TPSA) is 72.9 Å². The lowest BCUT2D eigenvalue weighted by molar-refractivity contribution is -0.120. The third kappa shape index (κ3) is 4.67. The molecule has 1 atom stereocenters. The van der Waals surface area contributed by atoms with E-state index in [1.165, 1.54) is 0 Å². The van der Waals surface area contributed by atoms with Gasteiger partial charge in [0, 0.05) is 31.3 Å². The molecule has 4 rings (SSSR count). The van der Waals surface area contributed by atoms with E-state index in [-0.39, 0.29) is 18.7 Å². The first-order valence-electron chi connectivity index (χ1n) is 10.6. The molecule has 0 bridgehead atoms. The predicted molar refractivity (Wildman–Crippen MR) is 113 cm³/mol. The number of carbonyl (C=O) groups is 1. The summed E-state index contributed by atoms with van der Waals surface area (Å²) >= 11 is 0. The van der Waals surface area contributed by atoms with Crippen LogP contribution in [-0.4, -0.2) is 42.3 Å². The number of hydrogen-bond acceptors (Lipinski definition) is 6. The number of aromatic nitrogens is 1. The van der Waals surface area contributed by atoms with Gasteiger partial charge < -0.3 is 19.5 Å². The van der Waals surface area contributed by atoms with Crippen LogP contribution in [0.1, 0.15) is 44.0 Å². The normalized spacial score (nSPS) is 17.5. The first-order valence-corrected chi connectivity index (χ1v) is 10.6. The number of likely N-dealkylation sites (tertiary alicyclic amines) is 1. The molecule has 1 unspecified atom stereocenters. The van der Waals surface area contributed by atoms with Crippen LogP contribution < -0.4 is 19.5 Å². The van der Waals surface area contributed by atoms with Gasteiger partial charge in [0.25, 0.3) is 0 Å². The molecule has 0 radical (unpaired) electrons. The summed E-state index contributed by atoms with van der Waals surface area (Å²) in [4.78, 5) is 18.7. The van der Waals surface area contributed by atoms with Gasteiger partial charge in [-0.3, -0.25) is 14.7 Å². The molecular formula is C23H29N3O4. The van der Waals surface area contributed by atoms with Crippen LogP contribution in [0.3, 0.4) is 0 Å². The minimum absolute atomic E-state index is 0.0187. The van der Waals surface area contributed by atoms with Gasteiger partial charge in [-0.05, 0) is 57.0 Å². The second kappa shape index (κ2) is 9.34. The lowest BCUT2D eigenvalue weighted by atomic mass is 9.87. The number of ether oxygens (including phenoxy) is 3. The van der Waals surface area contributed by atoms with Crippen molar-refractivity contribution in [3.63, 3.8) is 0 Å². The van der Waals surface area contributed by atoms with Crippen molar-refractivity contribution in [1.29, 1.82) is 0 Å². The van der Waals surface area contributed by atoms with Crippen molar-refractivity contribution in [2.75, 3.05) is 26.5 Å². The van der Waals surface area contributed by atoms with E-state index in [2.05, 4.69) is 15.2 Å². The minimum atomic E-state index is -0.0459. The monoisotopic (exact) mass is 411 g/mol. The largest absolute Gasteiger partial charge is 0.493 e. The summed E-state index contributed by atoms with van der Waals surface area (Å²) < 4.78 is 16.9. The van der Waals surface area contributed by atoms with Gasteiger partial charge in [0.05, 0.1) is 18.3 Å². The molecular weight excluding hydrogens is 382 g/mol. The van der Waals surface area contributed by atoms with Crippen molar-refractivity contribution in [3.05, 3.63) is 47.8 Å². The summed E-state index contributed by atoms with van der Waals surface area (Å²) in [6, 6.07) is 9.79. The van der Waals surface area contributed by atoms with Crippen LogP contribution in [0.2, 0.25) is 0 Å².